The number of aromatic nitrogens is 1. The highest BCUT2D eigenvalue weighted by Gasteiger charge is 2.34. The van der Waals surface area contributed by atoms with E-state index in [0.717, 1.165) is 24.8 Å². The summed E-state index contributed by atoms with van der Waals surface area (Å²) in [6, 6.07) is 3.63. The summed E-state index contributed by atoms with van der Waals surface area (Å²) in [6.45, 7) is 0.372. The predicted octanol–water partition coefficient (Wildman–Crippen LogP) is 0.655. The van der Waals surface area contributed by atoms with Gasteiger partial charge in [-0.1, -0.05) is 0 Å². The van der Waals surface area contributed by atoms with Crippen LogP contribution in [-0.4, -0.2) is 28.1 Å². The molecule has 0 unspecified atom stereocenters. The maximum Gasteiger partial charge on any atom is 0.224 e. The van der Waals surface area contributed by atoms with Gasteiger partial charge in [0.1, 0.15) is 0 Å². The average Bonchev–Trinajstić information content (AvgIpc) is 2.25. The van der Waals surface area contributed by atoms with Crippen molar-refractivity contribution < 1.29 is 9.90 Å². The number of nitrogens with one attached hydrogen (secondary N) is 1. The zero-order chi connectivity index (χ0) is 11.4. The molecular weight excluding hydrogens is 204 g/mol. The second-order valence-electron chi connectivity index (χ2n) is 4.39. The van der Waals surface area contributed by atoms with Crippen LogP contribution in [0.5, 0.6) is 0 Å². The van der Waals surface area contributed by atoms with E-state index in [1.807, 2.05) is 12.1 Å². The van der Waals surface area contributed by atoms with Gasteiger partial charge in [0, 0.05) is 18.9 Å². The van der Waals surface area contributed by atoms with E-state index in [9.17, 15) is 9.90 Å². The van der Waals surface area contributed by atoms with E-state index in [1.54, 1.807) is 12.4 Å². The quantitative estimate of drug-likeness (QED) is 0.783. The van der Waals surface area contributed by atoms with Crippen LogP contribution in [0.25, 0.3) is 0 Å². The summed E-state index contributed by atoms with van der Waals surface area (Å²) in [5, 5.41) is 12.6. The number of aliphatic hydroxyl groups is 1. The minimum absolute atomic E-state index is 0.0495. The van der Waals surface area contributed by atoms with Gasteiger partial charge >= 0.3 is 0 Å². The summed E-state index contributed by atoms with van der Waals surface area (Å²) >= 11 is 0. The monoisotopic (exact) mass is 220 g/mol. The summed E-state index contributed by atoms with van der Waals surface area (Å²) in [5.41, 5.74) is 0.293. The molecule has 1 aliphatic carbocycles. The van der Waals surface area contributed by atoms with E-state index < -0.39 is 5.60 Å². The first kappa shape index (κ1) is 11.1. The lowest BCUT2D eigenvalue weighted by atomic mass is 9.80. The molecule has 2 N–H and O–H groups in total. The molecule has 1 saturated carbocycles. The first-order chi connectivity index (χ1) is 7.68. The minimum Gasteiger partial charge on any atom is -0.388 e. The molecule has 2 rings (SSSR count). The highest BCUT2D eigenvalue weighted by Crippen LogP contribution is 2.30. The summed E-state index contributed by atoms with van der Waals surface area (Å²) in [6.07, 6.45) is 6.32. The molecule has 0 radical (unpaired) electrons. The van der Waals surface area contributed by atoms with Gasteiger partial charge in [-0.15, -0.1) is 0 Å². The van der Waals surface area contributed by atoms with Crippen molar-refractivity contribution in [3.63, 3.8) is 0 Å². The third kappa shape index (κ3) is 2.79. The fourth-order valence-corrected chi connectivity index (χ4v) is 1.77. The van der Waals surface area contributed by atoms with Crippen LogP contribution in [0.2, 0.25) is 0 Å². The topological polar surface area (TPSA) is 62.2 Å². The third-order valence-corrected chi connectivity index (χ3v) is 3.01. The second kappa shape index (κ2) is 4.61. The molecule has 1 fully saturated rings. The Morgan fingerprint density at radius 2 is 2.12 bits per heavy atom. The molecule has 1 aromatic rings. The summed E-state index contributed by atoms with van der Waals surface area (Å²) in [4.78, 5) is 15.4. The molecule has 0 spiro atoms. The van der Waals surface area contributed by atoms with Crippen LogP contribution in [0.3, 0.4) is 0 Å². The summed E-state index contributed by atoms with van der Waals surface area (Å²) in [5.74, 6) is -0.0495. The molecule has 0 bridgehead atoms. The molecular formula is C12H16N2O2. The van der Waals surface area contributed by atoms with Crippen molar-refractivity contribution in [2.24, 2.45) is 0 Å². The molecule has 0 atom stereocenters. The highest BCUT2D eigenvalue weighted by molar-refractivity contribution is 5.78. The molecule has 86 valence electrons. The van der Waals surface area contributed by atoms with Crippen LogP contribution < -0.4 is 5.32 Å². The molecule has 0 saturated heterocycles. The lowest BCUT2D eigenvalue weighted by Crippen LogP contribution is -2.48. The third-order valence-electron chi connectivity index (χ3n) is 3.01. The van der Waals surface area contributed by atoms with E-state index in [2.05, 4.69) is 10.3 Å². The van der Waals surface area contributed by atoms with Gasteiger partial charge in [-0.3, -0.25) is 9.78 Å². The fourth-order valence-electron chi connectivity index (χ4n) is 1.77. The van der Waals surface area contributed by atoms with Gasteiger partial charge in [0.05, 0.1) is 12.0 Å². The first-order valence-corrected chi connectivity index (χ1v) is 5.56. The van der Waals surface area contributed by atoms with Gasteiger partial charge in [-0.05, 0) is 37.0 Å². The van der Waals surface area contributed by atoms with Crippen molar-refractivity contribution in [3.05, 3.63) is 30.1 Å². The Morgan fingerprint density at radius 3 is 2.69 bits per heavy atom. The van der Waals surface area contributed by atoms with Crippen LogP contribution in [0, 0.1) is 0 Å². The Balaban J connectivity index is 1.76. The number of carbonyl (C=O) groups excluding carboxylic acids is 1. The van der Waals surface area contributed by atoms with E-state index >= 15 is 0 Å². The van der Waals surface area contributed by atoms with E-state index in [-0.39, 0.29) is 5.91 Å². The first-order valence-electron chi connectivity index (χ1n) is 5.56. The zero-order valence-electron chi connectivity index (χ0n) is 9.15. The lowest BCUT2D eigenvalue weighted by molar-refractivity contribution is -0.122. The molecule has 0 aliphatic heterocycles. The standard InChI is InChI=1S/C12H16N2O2/c15-11(8-10-2-6-13-7-3-10)14-9-12(16)4-1-5-12/h2-3,6-7,16H,1,4-5,8-9H2,(H,14,15). The average molecular weight is 220 g/mol. The van der Waals surface area contributed by atoms with Crippen LogP contribution in [0.15, 0.2) is 24.5 Å². The Kier molecular flexibility index (Phi) is 3.19. The number of hydrogen-bond donors (Lipinski definition) is 2. The van der Waals surface area contributed by atoms with Gasteiger partial charge in [0.25, 0.3) is 0 Å². The van der Waals surface area contributed by atoms with Crippen molar-refractivity contribution >= 4 is 5.91 Å². The van der Waals surface area contributed by atoms with Gasteiger partial charge in [0.2, 0.25) is 5.91 Å². The Labute approximate surface area is 94.7 Å². The predicted molar refractivity (Wildman–Crippen MR) is 59.8 cm³/mol. The van der Waals surface area contributed by atoms with Gasteiger partial charge < -0.3 is 10.4 Å². The number of carbonyl (C=O) groups is 1. The highest BCUT2D eigenvalue weighted by atomic mass is 16.3. The molecule has 1 amide bonds. The van der Waals surface area contributed by atoms with Crippen molar-refractivity contribution in [3.8, 4) is 0 Å². The van der Waals surface area contributed by atoms with Gasteiger partial charge in [-0.25, -0.2) is 0 Å². The SMILES string of the molecule is O=C(Cc1ccncc1)NCC1(O)CCC1. The molecule has 1 aliphatic rings. The number of pyridine rings is 1. The second-order valence-corrected chi connectivity index (χ2v) is 4.39. The molecule has 1 aromatic heterocycles. The minimum atomic E-state index is -0.645. The molecule has 0 aromatic carbocycles. The van der Waals surface area contributed by atoms with Crippen LogP contribution in [0.4, 0.5) is 0 Å². The maximum atomic E-state index is 11.6. The van der Waals surface area contributed by atoms with Crippen molar-refractivity contribution in [2.75, 3.05) is 6.54 Å². The molecule has 16 heavy (non-hydrogen) atoms. The van der Waals surface area contributed by atoms with E-state index in [0.29, 0.717) is 13.0 Å². The number of amides is 1. The fraction of sp³-hybridized carbons (Fsp3) is 0.500. The summed E-state index contributed by atoms with van der Waals surface area (Å²) in [7, 11) is 0. The van der Waals surface area contributed by atoms with Crippen LogP contribution in [0.1, 0.15) is 24.8 Å². The lowest BCUT2D eigenvalue weighted by Gasteiger charge is -2.36. The Morgan fingerprint density at radius 1 is 1.44 bits per heavy atom. The maximum absolute atomic E-state index is 11.6. The number of hydrogen-bond acceptors (Lipinski definition) is 3. The van der Waals surface area contributed by atoms with E-state index in [4.69, 9.17) is 0 Å². The van der Waals surface area contributed by atoms with Crippen molar-refractivity contribution in [1.82, 2.24) is 10.3 Å². The number of nitrogens with zero attached hydrogens (tertiary/aromatic N) is 1. The Bertz CT molecular complexity index is 361. The van der Waals surface area contributed by atoms with E-state index in [1.165, 1.54) is 0 Å². The van der Waals surface area contributed by atoms with Gasteiger partial charge in [0.15, 0.2) is 0 Å². The number of rotatable bonds is 4. The largest absolute Gasteiger partial charge is 0.388 e. The van der Waals surface area contributed by atoms with Crippen molar-refractivity contribution in [2.45, 2.75) is 31.3 Å². The van der Waals surface area contributed by atoms with Crippen LogP contribution >= 0.6 is 0 Å². The van der Waals surface area contributed by atoms with Gasteiger partial charge in [-0.2, -0.15) is 0 Å². The molecule has 4 heteroatoms. The molecule has 4 nitrogen and oxygen atoms in total. The smallest absolute Gasteiger partial charge is 0.224 e. The Hall–Kier alpha value is -1.42. The van der Waals surface area contributed by atoms with Crippen molar-refractivity contribution in [1.29, 1.82) is 0 Å². The summed E-state index contributed by atoms with van der Waals surface area (Å²) < 4.78 is 0. The molecule has 1 heterocycles. The van der Waals surface area contributed by atoms with Crippen LogP contribution in [-0.2, 0) is 11.2 Å². The normalized spacial score (nSPS) is 17.6. The zero-order valence-corrected chi connectivity index (χ0v) is 9.15.